The van der Waals surface area contributed by atoms with Gasteiger partial charge in [-0.25, -0.2) is 0 Å². The summed E-state index contributed by atoms with van der Waals surface area (Å²) in [6, 6.07) is 0. The lowest BCUT2D eigenvalue weighted by Crippen LogP contribution is -2.07. The number of hydrogen-bond acceptors (Lipinski definition) is 2. The van der Waals surface area contributed by atoms with E-state index in [0.717, 1.165) is 13.1 Å². The lowest BCUT2D eigenvalue weighted by Gasteiger charge is -2.05. The predicted octanol–water partition coefficient (Wildman–Crippen LogP) is 0.425. The molecule has 0 aromatic rings. The summed E-state index contributed by atoms with van der Waals surface area (Å²) in [6.45, 7) is 2.23. The molecule has 0 bridgehead atoms. The Kier molecular flexibility index (Phi) is 2.11. The van der Waals surface area contributed by atoms with E-state index in [-0.39, 0.29) is 0 Å². The van der Waals surface area contributed by atoms with E-state index >= 15 is 0 Å². The summed E-state index contributed by atoms with van der Waals surface area (Å²) >= 11 is 0. The summed E-state index contributed by atoms with van der Waals surface area (Å²) in [7, 11) is 4.12. The fourth-order valence-electron chi connectivity index (χ4n) is 1.06. The number of nitrogens with one attached hydrogen (secondary N) is 1. The SMILES string of the molecule is CN(C)C=C1CCNC1. The van der Waals surface area contributed by atoms with E-state index in [1.807, 2.05) is 0 Å². The molecule has 0 radical (unpaired) electrons. The van der Waals surface area contributed by atoms with Gasteiger partial charge in [-0.05, 0) is 24.7 Å². The molecule has 0 amide bonds. The van der Waals surface area contributed by atoms with Crippen molar-refractivity contribution in [3.63, 3.8) is 0 Å². The second kappa shape index (κ2) is 2.87. The van der Waals surface area contributed by atoms with E-state index < -0.39 is 0 Å². The van der Waals surface area contributed by atoms with Gasteiger partial charge in [-0.3, -0.25) is 0 Å². The predicted molar refractivity (Wildman–Crippen MR) is 39.3 cm³/mol. The Morgan fingerprint density at radius 2 is 2.33 bits per heavy atom. The number of rotatable bonds is 1. The van der Waals surface area contributed by atoms with Crippen molar-refractivity contribution in [1.29, 1.82) is 0 Å². The van der Waals surface area contributed by atoms with Gasteiger partial charge in [0.05, 0.1) is 0 Å². The summed E-state index contributed by atoms with van der Waals surface area (Å²) in [5.74, 6) is 0. The van der Waals surface area contributed by atoms with E-state index in [2.05, 4.69) is 30.5 Å². The average molecular weight is 126 g/mol. The second-order valence-electron chi connectivity index (χ2n) is 2.68. The largest absolute Gasteiger partial charge is 0.383 e. The van der Waals surface area contributed by atoms with Crippen molar-refractivity contribution in [2.45, 2.75) is 6.42 Å². The van der Waals surface area contributed by atoms with Gasteiger partial charge in [0.2, 0.25) is 0 Å². The molecule has 1 heterocycles. The third-order valence-corrected chi connectivity index (χ3v) is 1.42. The Balaban J connectivity index is 2.39. The highest BCUT2D eigenvalue weighted by atomic mass is 15.0. The van der Waals surface area contributed by atoms with Crippen LogP contribution in [0.15, 0.2) is 11.8 Å². The maximum atomic E-state index is 3.28. The van der Waals surface area contributed by atoms with Crippen molar-refractivity contribution in [2.75, 3.05) is 27.2 Å². The van der Waals surface area contributed by atoms with Gasteiger partial charge in [0.1, 0.15) is 0 Å². The summed E-state index contributed by atoms with van der Waals surface area (Å²) in [5.41, 5.74) is 1.51. The molecule has 2 nitrogen and oxygen atoms in total. The third-order valence-electron chi connectivity index (χ3n) is 1.42. The highest BCUT2D eigenvalue weighted by Gasteiger charge is 2.03. The van der Waals surface area contributed by atoms with Gasteiger partial charge in [-0.15, -0.1) is 0 Å². The maximum absolute atomic E-state index is 3.28. The Morgan fingerprint density at radius 1 is 1.56 bits per heavy atom. The van der Waals surface area contributed by atoms with Crippen molar-refractivity contribution in [1.82, 2.24) is 10.2 Å². The molecule has 1 rings (SSSR count). The monoisotopic (exact) mass is 126 g/mol. The molecule has 2 heteroatoms. The minimum Gasteiger partial charge on any atom is -0.383 e. The average Bonchev–Trinajstić information content (AvgIpc) is 2.15. The third kappa shape index (κ3) is 2.06. The number of hydrogen-bond donors (Lipinski definition) is 1. The van der Waals surface area contributed by atoms with E-state index in [0.29, 0.717) is 0 Å². The summed E-state index contributed by atoms with van der Waals surface area (Å²) in [4.78, 5) is 2.10. The lowest BCUT2D eigenvalue weighted by atomic mass is 10.2. The van der Waals surface area contributed by atoms with Crippen LogP contribution in [0.2, 0.25) is 0 Å². The van der Waals surface area contributed by atoms with Crippen LogP contribution in [-0.4, -0.2) is 32.1 Å². The fraction of sp³-hybridized carbons (Fsp3) is 0.714. The molecule has 1 aliphatic heterocycles. The normalized spacial score (nSPS) is 23.1. The molecular weight excluding hydrogens is 112 g/mol. The Bertz CT molecular complexity index is 108. The maximum Gasteiger partial charge on any atom is 0.0182 e. The Morgan fingerprint density at radius 3 is 2.78 bits per heavy atom. The highest BCUT2D eigenvalue weighted by molar-refractivity contribution is 5.07. The van der Waals surface area contributed by atoms with E-state index in [1.165, 1.54) is 12.0 Å². The first-order chi connectivity index (χ1) is 4.29. The van der Waals surface area contributed by atoms with Crippen LogP contribution in [0.25, 0.3) is 0 Å². The minimum atomic E-state index is 1.08. The summed E-state index contributed by atoms with van der Waals surface area (Å²) in [6.07, 6.45) is 3.41. The second-order valence-corrected chi connectivity index (χ2v) is 2.68. The molecule has 9 heavy (non-hydrogen) atoms. The lowest BCUT2D eigenvalue weighted by molar-refractivity contribution is 0.556. The molecule has 1 fully saturated rings. The van der Waals surface area contributed by atoms with Gasteiger partial charge in [0.25, 0.3) is 0 Å². The van der Waals surface area contributed by atoms with Gasteiger partial charge in [0, 0.05) is 20.6 Å². The molecule has 0 atom stereocenters. The first-order valence-corrected chi connectivity index (χ1v) is 3.36. The zero-order valence-electron chi connectivity index (χ0n) is 6.15. The zero-order valence-corrected chi connectivity index (χ0v) is 6.15. The van der Waals surface area contributed by atoms with Crippen molar-refractivity contribution in [3.8, 4) is 0 Å². The molecule has 52 valence electrons. The smallest absolute Gasteiger partial charge is 0.0182 e. The molecule has 1 saturated heterocycles. The Hall–Kier alpha value is -0.500. The van der Waals surface area contributed by atoms with Gasteiger partial charge in [0.15, 0.2) is 0 Å². The topological polar surface area (TPSA) is 15.3 Å². The van der Waals surface area contributed by atoms with Crippen LogP contribution < -0.4 is 5.32 Å². The van der Waals surface area contributed by atoms with Crippen molar-refractivity contribution in [2.24, 2.45) is 0 Å². The van der Waals surface area contributed by atoms with Gasteiger partial charge in [-0.2, -0.15) is 0 Å². The first kappa shape index (κ1) is 6.62. The first-order valence-electron chi connectivity index (χ1n) is 3.36. The molecule has 0 unspecified atom stereocenters. The minimum absolute atomic E-state index is 1.08. The van der Waals surface area contributed by atoms with Gasteiger partial charge >= 0.3 is 0 Å². The van der Waals surface area contributed by atoms with Gasteiger partial charge < -0.3 is 10.2 Å². The van der Waals surface area contributed by atoms with Crippen LogP contribution in [0, 0.1) is 0 Å². The van der Waals surface area contributed by atoms with Crippen LogP contribution in [0.1, 0.15) is 6.42 Å². The van der Waals surface area contributed by atoms with Crippen LogP contribution in [0.4, 0.5) is 0 Å². The van der Waals surface area contributed by atoms with Crippen LogP contribution in [-0.2, 0) is 0 Å². The molecular formula is C7H14N2. The molecule has 0 aromatic heterocycles. The van der Waals surface area contributed by atoms with Crippen LogP contribution in [0.3, 0.4) is 0 Å². The number of nitrogens with zero attached hydrogens (tertiary/aromatic N) is 1. The van der Waals surface area contributed by atoms with Crippen molar-refractivity contribution < 1.29 is 0 Å². The van der Waals surface area contributed by atoms with Crippen LogP contribution in [0.5, 0.6) is 0 Å². The van der Waals surface area contributed by atoms with Crippen molar-refractivity contribution in [3.05, 3.63) is 11.8 Å². The van der Waals surface area contributed by atoms with Crippen molar-refractivity contribution >= 4 is 0 Å². The molecule has 0 aromatic carbocycles. The molecule has 0 saturated carbocycles. The molecule has 0 spiro atoms. The fourth-order valence-corrected chi connectivity index (χ4v) is 1.06. The standard InChI is InChI=1S/C7H14N2/c1-9(2)6-7-3-4-8-5-7/h6,8H,3-5H2,1-2H3. The van der Waals surface area contributed by atoms with E-state index in [1.54, 1.807) is 0 Å². The van der Waals surface area contributed by atoms with Crippen LogP contribution >= 0.6 is 0 Å². The zero-order chi connectivity index (χ0) is 6.69. The summed E-state index contributed by atoms with van der Waals surface area (Å²) in [5, 5.41) is 3.28. The summed E-state index contributed by atoms with van der Waals surface area (Å²) < 4.78 is 0. The van der Waals surface area contributed by atoms with E-state index in [4.69, 9.17) is 0 Å². The van der Waals surface area contributed by atoms with E-state index in [9.17, 15) is 0 Å². The Labute approximate surface area is 56.5 Å². The quantitative estimate of drug-likeness (QED) is 0.548. The highest BCUT2D eigenvalue weighted by Crippen LogP contribution is 2.04. The van der Waals surface area contributed by atoms with Gasteiger partial charge in [-0.1, -0.05) is 0 Å². The molecule has 1 aliphatic rings. The molecule has 1 N–H and O–H groups in total. The molecule has 0 aliphatic carbocycles.